The van der Waals surface area contributed by atoms with Crippen LogP contribution in [0.25, 0.3) is 0 Å². The zero-order chi connectivity index (χ0) is 14.2. The molecule has 9 nitrogen and oxygen atoms in total. The molecule has 1 aromatic heterocycles. The summed E-state index contributed by atoms with van der Waals surface area (Å²) in [4.78, 5) is 3.89. The minimum atomic E-state index is -1.25. The highest BCUT2D eigenvalue weighted by atomic mass is 16.6. The van der Waals surface area contributed by atoms with Crippen molar-refractivity contribution >= 4 is 11.7 Å². The second kappa shape index (κ2) is 5.13. The van der Waals surface area contributed by atoms with Gasteiger partial charge in [-0.3, -0.25) is 9.98 Å². The number of nitrogens with zero attached hydrogens (tertiary/aromatic N) is 2. The number of hydrogen-bond donors (Lipinski definition) is 5. The van der Waals surface area contributed by atoms with Gasteiger partial charge >= 0.3 is 0 Å². The molecule has 19 heavy (non-hydrogen) atoms. The van der Waals surface area contributed by atoms with Crippen LogP contribution in [0.2, 0.25) is 0 Å². The lowest BCUT2D eigenvalue weighted by Gasteiger charge is -2.17. The zero-order valence-electron chi connectivity index (χ0n) is 10.2. The van der Waals surface area contributed by atoms with Crippen LogP contribution in [0.5, 0.6) is 0 Å². The molecule has 0 aromatic carbocycles. The third kappa shape index (κ3) is 2.16. The fourth-order valence-electron chi connectivity index (χ4n) is 1.95. The Bertz CT molecular complexity index is 476. The predicted molar refractivity (Wildman–Crippen MR) is 63.5 cm³/mol. The number of imidazole rings is 1. The third-order valence-electron chi connectivity index (χ3n) is 3.04. The second-order valence-corrected chi connectivity index (χ2v) is 4.15. The fraction of sp³-hybridized carbons (Fsp3) is 0.600. The number of aliphatic hydroxyl groups excluding tert-OH is 3. The van der Waals surface area contributed by atoms with Crippen molar-refractivity contribution in [2.24, 2.45) is 0 Å². The van der Waals surface area contributed by atoms with E-state index in [0.29, 0.717) is 0 Å². The lowest BCUT2D eigenvalue weighted by molar-refractivity contribution is -0.0518. The molecule has 0 aliphatic carbocycles. The Kier molecular flexibility index (Phi) is 3.71. The van der Waals surface area contributed by atoms with E-state index in [-0.39, 0.29) is 17.4 Å². The van der Waals surface area contributed by atoms with Crippen LogP contribution in [0.3, 0.4) is 0 Å². The number of anilines is 1. The van der Waals surface area contributed by atoms with Crippen molar-refractivity contribution in [1.29, 1.82) is 5.41 Å². The van der Waals surface area contributed by atoms with Gasteiger partial charge in [0.1, 0.15) is 24.1 Å². The Labute approximate surface area is 108 Å². The van der Waals surface area contributed by atoms with Gasteiger partial charge in [0.25, 0.3) is 0 Å². The second-order valence-electron chi connectivity index (χ2n) is 4.15. The summed E-state index contributed by atoms with van der Waals surface area (Å²) >= 11 is 0. The Morgan fingerprint density at radius 2 is 2.26 bits per heavy atom. The van der Waals surface area contributed by atoms with Crippen molar-refractivity contribution in [3.8, 4) is 0 Å². The molecule has 4 atom stereocenters. The quantitative estimate of drug-likeness (QED) is 0.317. The molecule has 0 amide bonds. The summed E-state index contributed by atoms with van der Waals surface area (Å²) in [5, 5.41) is 36.0. The van der Waals surface area contributed by atoms with E-state index in [1.54, 1.807) is 0 Å². The minimum Gasteiger partial charge on any atom is -0.480 e. The highest BCUT2D eigenvalue weighted by Crippen LogP contribution is 2.31. The SMILES string of the molecule is COC(=N)c1ncn([C@@H]2O[C@H](CO)[C@@H](O)[C@H]2O)c1N. The van der Waals surface area contributed by atoms with E-state index in [1.165, 1.54) is 18.0 Å². The number of nitrogens with two attached hydrogens (primary N) is 1. The standard InChI is InChI=1S/C10H16N4O5/c1-18-9(12)5-8(11)14(3-13-5)10-7(17)6(16)4(2-15)19-10/h3-4,6-7,10,12,15-17H,2,11H2,1H3/t4-,6-,7-,10-/m1/s1. The summed E-state index contributed by atoms with van der Waals surface area (Å²) in [7, 11) is 1.31. The molecule has 0 spiro atoms. The molecule has 106 valence electrons. The van der Waals surface area contributed by atoms with E-state index in [0.717, 1.165) is 0 Å². The molecule has 0 saturated carbocycles. The van der Waals surface area contributed by atoms with Crippen molar-refractivity contribution in [3.05, 3.63) is 12.0 Å². The topological polar surface area (TPSA) is 147 Å². The van der Waals surface area contributed by atoms with Crippen LogP contribution in [0, 0.1) is 5.41 Å². The van der Waals surface area contributed by atoms with E-state index in [1.807, 2.05) is 0 Å². The molecule has 2 heterocycles. The van der Waals surface area contributed by atoms with E-state index in [4.69, 9.17) is 25.7 Å². The van der Waals surface area contributed by atoms with Crippen LogP contribution in [0.4, 0.5) is 5.82 Å². The number of rotatable bonds is 3. The molecular formula is C10H16N4O5. The number of methoxy groups -OCH3 is 1. The third-order valence-corrected chi connectivity index (χ3v) is 3.04. The average molecular weight is 272 g/mol. The van der Waals surface area contributed by atoms with E-state index in [9.17, 15) is 10.2 Å². The molecule has 1 aliphatic rings. The largest absolute Gasteiger partial charge is 0.480 e. The lowest BCUT2D eigenvalue weighted by Crippen LogP contribution is -2.33. The van der Waals surface area contributed by atoms with Crippen molar-refractivity contribution in [3.63, 3.8) is 0 Å². The normalized spacial score (nSPS) is 30.5. The summed E-state index contributed by atoms with van der Waals surface area (Å²) in [6, 6.07) is 0. The lowest BCUT2D eigenvalue weighted by atomic mass is 10.1. The van der Waals surface area contributed by atoms with E-state index in [2.05, 4.69) is 4.98 Å². The smallest absolute Gasteiger partial charge is 0.236 e. The van der Waals surface area contributed by atoms with Gasteiger partial charge in [-0.25, -0.2) is 4.98 Å². The van der Waals surface area contributed by atoms with Crippen molar-refractivity contribution < 1.29 is 24.8 Å². The van der Waals surface area contributed by atoms with Gasteiger partial charge in [0.15, 0.2) is 11.9 Å². The number of hydrogen-bond acceptors (Lipinski definition) is 8. The van der Waals surface area contributed by atoms with Crippen LogP contribution in [0.15, 0.2) is 6.33 Å². The first kappa shape index (κ1) is 13.7. The van der Waals surface area contributed by atoms with Gasteiger partial charge in [-0.15, -0.1) is 0 Å². The maximum absolute atomic E-state index is 9.87. The molecule has 6 N–H and O–H groups in total. The molecule has 1 saturated heterocycles. The molecule has 1 aliphatic heterocycles. The first-order valence-corrected chi connectivity index (χ1v) is 5.59. The van der Waals surface area contributed by atoms with Crippen LogP contribution < -0.4 is 5.73 Å². The summed E-state index contributed by atoms with van der Waals surface area (Å²) in [6.07, 6.45) is -3.07. The van der Waals surface area contributed by atoms with Crippen molar-refractivity contribution in [2.45, 2.75) is 24.5 Å². The first-order valence-electron chi connectivity index (χ1n) is 5.59. The average Bonchev–Trinajstić information content (AvgIpc) is 2.91. The molecular weight excluding hydrogens is 256 g/mol. The number of nitrogen functional groups attached to an aromatic ring is 1. The van der Waals surface area contributed by atoms with Crippen molar-refractivity contribution in [2.75, 3.05) is 19.5 Å². The molecule has 1 fully saturated rings. The molecule has 0 bridgehead atoms. The van der Waals surface area contributed by atoms with Crippen LogP contribution >= 0.6 is 0 Å². The van der Waals surface area contributed by atoms with Gasteiger partial charge < -0.3 is 30.5 Å². The van der Waals surface area contributed by atoms with Crippen LogP contribution in [-0.2, 0) is 9.47 Å². The first-order chi connectivity index (χ1) is 9.01. The van der Waals surface area contributed by atoms with Crippen LogP contribution in [0.1, 0.15) is 11.9 Å². The Balaban J connectivity index is 2.28. The van der Waals surface area contributed by atoms with Gasteiger partial charge in [-0.05, 0) is 0 Å². The monoisotopic (exact) mass is 272 g/mol. The van der Waals surface area contributed by atoms with E-state index < -0.39 is 31.1 Å². The Hall–Kier alpha value is -1.68. The minimum absolute atomic E-state index is 0.0710. The summed E-state index contributed by atoms with van der Waals surface area (Å²) in [5.74, 6) is -0.148. The predicted octanol–water partition coefficient (Wildman–Crippen LogP) is -1.95. The molecule has 1 aromatic rings. The van der Waals surface area contributed by atoms with Crippen molar-refractivity contribution in [1.82, 2.24) is 9.55 Å². The summed E-state index contributed by atoms with van der Waals surface area (Å²) in [6.45, 7) is -0.427. The highest BCUT2D eigenvalue weighted by molar-refractivity contribution is 5.94. The Morgan fingerprint density at radius 1 is 1.58 bits per heavy atom. The van der Waals surface area contributed by atoms with Gasteiger partial charge in [0.05, 0.1) is 20.0 Å². The summed E-state index contributed by atoms with van der Waals surface area (Å²) in [5.41, 5.74) is 5.91. The van der Waals surface area contributed by atoms with Gasteiger partial charge in [0, 0.05) is 0 Å². The van der Waals surface area contributed by atoms with Gasteiger partial charge in [-0.1, -0.05) is 0 Å². The molecule has 9 heteroatoms. The van der Waals surface area contributed by atoms with E-state index >= 15 is 0 Å². The molecule has 2 rings (SSSR count). The summed E-state index contributed by atoms with van der Waals surface area (Å²) < 4.78 is 11.3. The maximum Gasteiger partial charge on any atom is 0.236 e. The van der Waals surface area contributed by atoms with Gasteiger partial charge in [-0.2, -0.15) is 0 Å². The van der Waals surface area contributed by atoms with Gasteiger partial charge in [0.2, 0.25) is 5.90 Å². The Morgan fingerprint density at radius 3 is 2.79 bits per heavy atom. The number of aromatic nitrogens is 2. The molecule has 0 radical (unpaired) electrons. The fourth-order valence-corrected chi connectivity index (χ4v) is 1.95. The highest BCUT2D eigenvalue weighted by Gasteiger charge is 2.44. The molecule has 0 unspecified atom stereocenters. The maximum atomic E-state index is 9.87. The number of ether oxygens (including phenoxy) is 2. The van der Waals surface area contributed by atoms with Crippen LogP contribution in [-0.4, -0.2) is 62.8 Å². The zero-order valence-corrected chi connectivity index (χ0v) is 10.2. The number of nitrogens with one attached hydrogen (secondary N) is 1. The number of aliphatic hydroxyl groups is 3.